The highest BCUT2D eigenvalue weighted by molar-refractivity contribution is 5.59. The standard InChI is InChI=1S/C9H7N3O/c10-2-1-7-8(12)3-6(5-11)4-9(7)13/h3-4,13H,1,12H2. The molecule has 0 radical (unpaired) electrons. The number of nitriles is 2. The minimum atomic E-state index is -0.0990. The Morgan fingerprint density at radius 2 is 2.08 bits per heavy atom. The maximum Gasteiger partial charge on any atom is 0.123 e. The molecule has 64 valence electrons. The number of hydrogen-bond donors (Lipinski definition) is 2. The third-order valence-electron chi connectivity index (χ3n) is 1.65. The van der Waals surface area contributed by atoms with Crippen LogP contribution in [0, 0.1) is 22.7 Å². The van der Waals surface area contributed by atoms with E-state index in [2.05, 4.69) is 0 Å². The second kappa shape index (κ2) is 3.46. The van der Waals surface area contributed by atoms with Crippen molar-refractivity contribution < 1.29 is 5.11 Å². The van der Waals surface area contributed by atoms with E-state index in [0.29, 0.717) is 5.56 Å². The summed E-state index contributed by atoms with van der Waals surface area (Å²) in [5.41, 5.74) is 6.46. The van der Waals surface area contributed by atoms with E-state index in [-0.39, 0.29) is 23.4 Å². The molecule has 0 amide bonds. The van der Waals surface area contributed by atoms with Crippen molar-refractivity contribution >= 4 is 5.69 Å². The van der Waals surface area contributed by atoms with Crippen molar-refractivity contribution in [3.63, 3.8) is 0 Å². The van der Waals surface area contributed by atoms with Crippen molar-refractivity contribution in [3.05, 3.63) is 23.3 Å². The molecule has 4 nitrogen and oxygen atoms in total. The summed E-state index contributed by atoms with van der Waals surface area (Å²) in [5, 5.41) is 26.3. The lowest BCUT2D eigenvalue weighted by Gasteiger charge is -2.04. The fourth-order valence-electron chi connectivity index (χ4n) is 1.01. The molecule has 0 saturated carbocycles. The molecule has 1 aromatic carbocycles. The zero-order chi connectivity index (χ0) is 9.84. The van der Waals surface area contributed by atoms with Gasteiger partial charge >= 0.3 is 0 Å². The van der Waals surface area contributed by atoms with Gasteiger partial charge < -0.3 is 10.8 Å². The van der Waals surface area contributed by atoms with Crippen molar-refractivity contribution in [1.82, 2.24) is 0 Å². The van der Waals surface area contributed by atoms with E-state index in [9.17, 15) is 5.11 Å². The number of anilines is 1. The maximum absolute atomic E-state index is 9.35. The molecule has 0 aliphatic heterocycles. The topological polar surface area (TPSA) is 93.8 Å². The summed E-state index contributed by atoms with van der Waals surface area (Å²) in [6, 6.07) is 6.47. The molecular weight excluding hydrogens is 166 g/mol. The largest absolute Gasteiger partial charge is 0.508 e. The normalized spacial score (nSPS) is 8.77. The SMILES string of the molecule is N#CCc1c(N)cc(C#N)cc1O. The Balaban J connectivity index is 3.26. The van der Waals surface area contributed by atoms with E-state index >= 15 is 0 Å². The minimum Gasteiger partial charge on any atom is -0.508 e. The second-order valence-electron chi connectivity index (χ2n) is 2.51. The van der Waals surface area contributed by atoms with Crippen molar-refractivity contribution in [2.24, 2.45) is 0 Å². The van der Waals surface area contributed by atoms with Crippen molar-refractivity contribution in [2.45, 2.75) is 6.42 Å². The average molecular weight is 173 g/mol. The molecule has 0 heterocycles. The molecular formula is C9H7N3O. The Hall–Kier alpha value is -2.20. The highest BCUT2D eigenvalue weighted by Gasteiger charge is 2.07. The Kier molecular flexibility index (Phi) is 2.37. The van der Waals surface area contributed by atoms with Crippen LogP contribution in [-0.4, -0.2) is 5.11 Å². The highest BCUT2D eigenvalue weighted by atomic mass is 16.3. The predicted octanol–water partition coefficient (Wildman–Crippen LogP) is 0.912. The summed E-state index contributed by atoms with van der Waals surface area (Å²) in [6.07, 6.45) is 0.0450. The number of benzene rings is 1. The fraction of sp³-hybridized carbons (Fsp3) is 0.111. The molecule has 0 bridgehead atoms. The van der Waals surface area contributed by atoms with Gasteiger partial charge in [0.2, 0.25) is 0 Å². The Morgan fingerprint density at radius 1 is 1.38 bits per heavy atom. The zero-order valence-corrected chi connectivity index (χ0v) is 6.78. The predicted molar refractivity (Wildman–Crippen MR) is 46.6 cm³/mol. The lowest BCUT2D eigenvalue weighted by atomic mass is 10.1. The molecule has 0 aromatic heterocycles. The molecule has 1 rings (SSSR count). The van der Waals surface area contributed by atoms with Crippen LogP contribution in [0.25, 0.3) is 0 Å². The van der Waals surface area contributed by atoms with Gasteiger partial charge in [-0.3, -0.25) is 0 Å². The van der Waals surface area contributed by atoms with Gasteiger partial charge in [0.1, 0.15) is 5.75 Å². The summed E-state index contributed by atoms with van der Waals surface area (Å²) in [5.74, 6) is -0.0990. The first-order valence-electron chi connectivity index (χ1n) is 3.57. The molecule has 0 fully saturated rings. The summed E-state index contributed by atoms with van der Waals surface area (Å²) in [6.45, 7) is 0. The zero-order valence-electron chi connectivity index (χ0n) is 6.78. The van der Waals surface area contributed by atoms with Crippen molar-refractivity contribution in [2.75, 3.05) is 5.73 Å². The molecule has 0 aliphatic rings. The number of nitrogens with zero attached hydrogens (tertiary/aromatic N) is 2. The minimum absolute atomic E-state index is 0.0450. The summed E-state index contributed by atoms with van der Waals surface area (Å²) < 4.78 is 0. The molecule has 1 aromatic rings. The molecule has 3 N–H and O–H groups in total. The Labute approximate surface area is 75.4 Å². The van der Waals surface area contributed by atoms with Crippen molar-refractivity contribution in [3.8, 4) is 17.9 Å². The van der Waals surface area contributed by atoms with E-state index in [1.165, 1.54) is 12.1 Å². The van der Waals surface area contributed by atoms with E-state index in [4.69, 9.17) is 16.3 Å². The third-order valence-corrected chi connectivity index (χ3v) is 1.65. The number of aromatic hydroxyl groups is 1. The molecule has 0 saturated heterocycles. The highest BCUT2D eigenvalue weighted by Crippen LogP contribution is 2.25. The molecule has 0 aliphatic carbocycles. The van der Waals surface area contributed by atoms with E-state index in [1.807, 2.05) is 12.1 Å². The van der Waals surface area contributed by atoms with Crippen LogP contribution in [0.2, 0.25) is 0 Å². The quantitative estimate of drug-likeness (QED) is 0.617. The summed E-state index contributed by atoms with van der Waals surface area (Å²) in [4.78, 5) is 0. The van der Waals surface area contributed by atoms with Crippen LogP contribution in [-0.2, 0) is 6.42 Å². The van der Waals surface area contributed by atoms with Crippen LogP contribution in [0.3, 0.4) is 0 Å². The van der Waals surface area contributed by atoms with Gasteiger partial charge in [-0.25, -0.2) is 0 Å². The Bertz CT molecular complexity index is 389. The van der Waals surface area contributed by atoms with Crippen LogP contribution < -0.4 is 5.73 Å². The molecule has 4 heteroatoms. The lowest BCUT2D eigenvalue weighted by molar-refractivity contribution is 0.470. The maximum atomic E-state index is 9.35. The molecule has 13 heavy (non-hydrogen) atoms. The van der Waals surface area contributed by atoms with Gasteiger partial charge in [0.05, 0.1) is 24.1 Å². The van der Waals surface area contributed by atoms with Gasteiger partial charge in [0.15, 0.2) is 0 Å². The third kappa shape index (κ3) is 1.69. The summed E-state index contributed by atoms with van der Waals surface area (Å²) in [7, 11) is 0. The lowest BCUT2D eigenvalue weighted by Crippen LogP contribution is -1.95. The number of nitrogen functional groups attached to an aromatic ring is 1. The first-order valence-corrected chi connectivity index (χ1v) is 3.57. The van der Waals surface area contributed by atoms with E-state index in [1.54, 1.807) is 0 Å². The van der Waals surface area contributed by atoms with Gasteiger partial charge in [0, 0.05) is 11.3 Å². The molecule has 0 unspecified atom stereocenters. The second-order valence-corrected chi connectivity index (χ2v) is 2.51. The number of nitrogens with two attached hydrogens (primary N) is 1. The van der Waals surface area contributed by atoms with Gasteiger partial charge in [0.25, 0.3) is 0 Å². The van der Waals surface area contributed by atoms with Crippen LogP contribution >= 0.6 is 0 Å². The first kappa shape index (κ1) is 8.89. The van der Waals surface area contributed by atoms with Crippen LogP contribution in [0.5, 0.6) is 5.75 Å². The van der Waals surface area contributed by atoms with Crippen molar-refractivity contribution in [1.29, 1.82) is 10.5 Å². The molecule has 0 spiro atoms. The van der Waals surface area contributed by atoms with Crippen LogP contribution in [0.15, 0.2) is 12.1 Å². The monoisotopic (exact) mass is 173 g/mol. The van der Waals surface area contributed by atoms with Gasteiger partial charge in [-0.2, -0.15) is 10.5 Å². The van der Waals surface area contributed by atoms with E-state index < -0.39 is 0 Å². The van der Waals surface area contributed by atoms with Gasteiger partial charge in [-0.15, -0.1) is 0 Å². The number of rotatable bonds is 1. The van der Waals surface area contributed by atoms with Crippen LogP contribution in [0.1, 0.15) is 11.1 Å². The number of hydrogen-bond acceptors (Lipinski definition) is 4. The van der Waals surface area contributed by atoms with Crippen LogP contribution in [0.4, 0.5) is 5.69 Å². The summed E-state index contributed by atoms with van der Waals surface area (Å²) >= 11 is 0. The number of phenols is 1. The fourth-order valence-corrected chi connectivity index (χ4v) is 1.01. The molecule has 0 atom stereocenters. The first-order chi connectivity index (χ1) is 6.19. The average Bonchev–Trinajstić information content (AvgIpc) is 2.11. The van der Waals surface area contributed by atoms with E-state index in [0.717, 1.165) is 0 Å². The van der Waals surface area contributed by atoms with Gasteiger partial charge in [-0.1, -0.05) is 0 Å². The number of phenolic OH excluding ortho intramolecular Hbond substituents is 1. The van der Waals surface area contributed by atoms with Gasteiger partial charge in [-0.05, 0) is 12.1 Å². The smallest absolute Gasteiger partial charge is 0.123 e. The Morgan fingerprint density at radius 3 is 2.54 bits per heavy atom.